The minimum absolute atomic E-state index is 0.0137. The van der Waals surface area contributed by atoms with Crippen LogP contribution in [0.4, 0.5) is 5.69 Å². The van der Waals surface area contributed by atoms with Crippen LogP contribution in [0.2, 0.25) is 0 Å². The van der Waals surface area contributed by atoms with Gasteiger partial charge >= 0.3 is 5.97 Å². The Labute approximate surface area is 202 Å². The van der Waals surface area contributed by atoms with Crippen LogP contribution in [-0.4, -0.2) is 35.7 Å². The number of nitrogens with zero attached hydrogens (tertiary/aromatic N) is 2. The van der Waals surface area contributed by atoms with Crippen molar-refractivity contribution in [1.29, 1.82) is 5.26 Å². The fraction of sp³-hybridized carbons (Fsp3) is 0.208. The van der Waals surface area contributed by atoms with Gasteiger partial charge in [-0.05, 0) is 50.6 Å². The fourth-order valence-corrected chi connectivity index (χ4v) is 6.43. The van der Waals surface area contributed by atoms with E-state index in [1.54, 1.807) is 20.8 Å². The standard InChI is InChI=1S/C24H23N3O5S2/c1-15(2)27(14-17-7-5-4-6-8-17)34(31,32)22-12-21(33-16(22)3)23(28)26-20-10-9-18(13-25)11-19(20)24(29)30/h4-12,15H,14H2,1-3H3,(H,26,28)(H,29,30). The summed E-state index contributed by atoms with van der Waals surface area (Å²) in [4.78, 5) is 25.0. The van der Waals surface area contributed by atoms with Crippen molar-refractivity contribution in [1.82, 2.24) is 4.31 Å². The first-order valence-corrected chi connectivity index (χ1v) is 12.5. The molecule has 0 radical (unpaired) electrons. The number of aromatic carboxylic acids is 1. The largest absolute Gasteiger partial charge is 0.478 e. The molecule has 0 spiro atoms. The number of thiophene rings is 1. The van der Waals surface area contributed by atoms with Crippen LogP contribution < -0.4 is 5.32 Å². The van der Waals surface area contributed by atoms with Gasteiger partial charge in [-0.15, -0.1) is 11.3 Å². The SMILES string of the molecule is Cc1sc(C(=O)Nc2ccc(C#N)cc2C(=O)O)cc1S(=O)(=O)N(Cc1ccccc1)C(C)C. The van der Waals surface area contributed by atoms with Crippen LogP contribution in [0.3, 0.4) is 0 Å². The molecule has 2 N–H and O–H groups in total. The molecule has 0 unspecified atom stereocenters. The average Bonchev–Trinajstić information content (AvgIpc) is 3.20. The van der Waals surface area contributed by atoms with E-state index < -0.39 is 21.9 Å². The highest BCUT2D eigenvalue weighted by Gasteiger charge is 2.31. The van der Waals surface area contributed by atoms with E-state index in [1.165, 1.54) is 22.5 Å². The fourth-order valence-electron chi connectivity index (χ4n) is 3.35. The molecular formula is C24H23N3O5S2. The third kappa shape index (κ3) is 5.34. The van der Waals surface area contributed by atoms with Crippen LogP contribution in [0, 0.1) is 18.3 Å². The molecule has 0 aliphatic rings. The first kappa shape index (κ1) is 25.1. The zero-order valence-corrected chi connectivity index (χ0v) is 20.4. The number of carboxylic acids is 1. The number of nitriles is 1. The minimum atomic E-state index is -3.91. The van der Waals surface area contributed by atoms with Crippen molar-refractivity contribution in [3.05, 3.63) is 81.0 Å². The lowest BCUT2D eigenvalue weighted by atomic mass is 10.1. The number of aryl methyl sites for hydroxylation is 1. The zero-order valence-electron chi connectivity index (χ0n) is 18.8. The summed E-state index contributed by atoms with van der Waals surface area (Å²) < 4.78 is 28.4. The molecule has 1 aromatic heterocycles. The first-order chi connectivity index (χ1) is 16.0. The van der Waals surface area contributed by atoms with Crippen molar-refractivity contribution >= 4 is 38.9 Å². The molecule has 3 rings (SSSR count). The average molecular weight is 498 g/mol. The van der Waals surface area contributed by atoms with Gasteiger partial charge in [0.25, 0.3) is 5.91 Å². The molecule has 8 nitrogen and oxygen atoms in total. The number of nitrogens with one attached hydrogen (secondary N) is 1. The summed E-state index contributed by atoms with van der Waals surface area (Å²) in [5, 5.41) is 20.9. The molecule has 0 fully saturated rings. The molecule has 3 aromatic rings. The number of benzene rings is 2. The number of amides is 1. The van der Waals surface area contributed by atoms with E-state index in [1.807, 2.05) is 36.4 Å². The molecule has 1 amide bonds. The van der Waals surface area contributed by atoms with Gasteiger partial charge in [-0.1, -0.05) is 30.3 Å². The molecule has 0 saturated heterocycles. The molecule has 0 bridgehead atoms. The Bertz CT molecular complexity index is 1370. The first-order valence-electron chi connectivity index (χ1n) is 10.3. The number of carboxylic acid groups (broad SMARTS) is 1. The van der Waals surface area contributed by atoms with Crippen molar-refractivity contribution in [2.45, 2.75) is 38.3 Å². The maximum atomic E-state index is 13.5. The van der Waals surface area contributed by atoms with E-state index in [0.29, 0.717) is 4.88 Å². The van der Waals surface area contributed by atoms with Crippen LogP contribution >= 0.6 is 11.3 Å². The molecule has 2 aromatic carbocycles. The molecule has 0 aliphatic carbocycles. The van der Waals surface area contributed by atoms with Crippen molar-refractivity contribution in [3.8, 4) is 6.07 Å². The van der Waals surface area contributed by atoms with Gasteiger partial charge < -0.3 is 10.4 Å². The van der Waals surface area contributed by atoms with Crippen molar-refractivity contribution < 1.29 is 23.1 Å². The second-order valence-electron chi connectivity index (χ2n) is 7.79. The van der Waals surface area contributed by atoms with Gasteiger partial charge in [0.15, 0.2) is 0 Å². The smallest absolute Gasteiger partial charge is 0.337 e. The molecule has 1 heterocycles. The number of anilines is 1. The molecule has 10 heteroatoms. The summed E-state index contributed by atoms with van der Waals surface area (Å²) in [5.74, 6) is -1.94. The van der Waals surface area contributed by atoms with Crippen LogP contribution in [0.5, 0.6) is 0 Å². The lowest BCUT2D eigenvalue weighted by molar-refractivity contribution is 0.0698. The molecule has 0 saturated carbocycles. The second-order valence-corrected chi connectivity index (χ2v) is 10.9. The topological polar surface area (TPSA) is 128 Å². The summed E-state index contributed by atoms with van der Waals surface area (Å²) in [7, 11) is -3.91. The predicted octanol–water partition coefficient (Wildman–Crippen LogP) is 4.48. The van der Waals surface area contributed by atoms with E-state index in [4.69, 9.17) is 5.26 Å². The Balaban J connectivity index is 1.92. The molecule has 176 valence electrons. The molecule has 0 aliphatic heterocycles. The number of carbonyl (C=O) groups excluding carboxylic acids is 1. The Hall–Kier alpha value is -3.52. The highest BCUT2D eigenvalue weighted by Crippen LogP contribution is 2.31. The predicted molar refractivity (Wildman–Crippen MR) is 129 cm³/mol. The number of carbonyl (C=O) groups is 2. The van der Waals surface area contributed by atoms with E-state index in [9.17, 15) is 23.1 Å². The van der Waals surface area contributed by atoms with E-state index in [0.717, 1.165) is 23.0 Å². The Morgan fingerprint density at radius 1 is 1.15 bits per heavy atom. The third-order valence-electron chi connectivity index (χ3n) is 5.07. The van der Waals surface area contributed by atoms with Gasteiger partial charge in [-0.3, -0.25) is 4.79 Å². The number of sulfonamides is 1. The third-order valence-corrected chi connectivity index (χ3v) is 8.39. The van der Waals surface area contributed by atoms with Gasteiger partial charge in [-0.25, -0.2) is 13.2 Å². The van der Waals surface area contributed by atoms with Crippen LogP contribution in [0.1, 0.15) is 49.9 Å². The number of rotatable bonds is 8. The zero-order chi connectivity index (χ0) is 25.0. The Morgan fingerprint density at radius 2 is 1.82 bits per heavy atom. The molecular weight excluding hydrogens is 474 g/mol. The van der Waals surface area contributed by atoms with Gasteiger partial charge in [0, 0.05) is 17.5 Å². The van der Waals surface area contributed by atoms with Gasteiger partial charge in [0.2, 0.25) is 10.0 Å². The Morgan fingerprint density at radius 3 is 2.41 bits per heavy atom. The maximum Gasteiger partial charge on any atom is 0.337 e. The van der Waals surface area contributed by atoms with Gasteiger partial charge in [0.05, 0.1) is 32.7 Å². The summed E-state index contributed by atoms with van der Waals surface area (Å²) in [5.41, 5.74) is 0.762. The van der Waals surface area contributed by atoms with E-state index in [2.05, 4.69) is 5.32 Å². The quantitative estimate of drug-likeness (QED) is 0.472. The monoisotopic (exact) mass is 497 g/mol. The number of hydrogen-bond acceptors (Lipinski definition) is 6. The molecule has 34 heavy (non-hydrogen) atoms. The van der Waals surface area contributed by atoms with Crippen molar-refractivity contribution in [3.63, 3.8) is 0 Å². The summed E-state index contributed by atoms with van der Waals surface area (Å²) in [6.45, 7) is 5.38. The minimum Gasteiger partial charge on any atom is -0.478 e. The molecule has 0 atom stereocenters. The van der Waals surface area contributed by atoms with Crippen LogP contribution in [-0.2, 0) is 16.6 Å². The lowest BCUT2D eigenvalue weighted by Gasteiger charge is -2.26. The summed E-state index contributed by atoms with van der Waals surface area (Å²) >= 11 is 1.01. The van der Waals surface area contributed by atoms with Gasteiger partial charge in [-0.2, -0.15) is 9.57 Å². The summed E-state index contributed by atoms with van der Waals surface area (Å²) in [6, 6.07) is 16.0. The van der Waals surface area contributed by atoms with E-state index in [-0.39, 0.29) is 39.2 Å². The van der Waals surface area contributed by atoms with E-state index >= 15 is 0 Å². The van der Waals surface area contributed by atoms with Crippen LogP contribution in [0.15, 0.2) is 59.5 Å². The highest BCUT2D eigenvalue weighted by atomic mass is 32.2. The lowest BCUT2D eigenvalue weighted by Crippen LogP contribution is -2.36. The van der Waals surface area contributed by atoms with Gasteiger partial charge in [0.1, 0.15) is 0 Å². The second kappa shape index (κ2) is 10.2. The van der Waals surface area contributed by atoms with Crippen molar-refractivity contribution in [2.75, 3.05) is 5.32 Å². The van der Waals surface area contributed by atoms with Crippen LogP contribution in [0.25, 0.3) is 0 Å². The summed E-state index contributed by atoms with van der Waals surface area (Å²) in [6.07, 6.45) is 0. The normalized spacial score (nSPS) is 11.4. The Kier molecular flexibility index (Phi) is 7.51. The highest BCUT2D eigenvalue weighted by molar-refractivity contribution is 7.89. The number of hydrogen-bond donors (Lipinski definition) is 2. The maximum absolute atomic E-state index is 13.5. The van der Waals surface area contributed by atoms with Crippen molar-refractivity contribution in [2.24, 2.45) is 0 Å².